The first kappa shape index (κ1) is 16.2. The van der Waals surface area contributed by atoms with E-state index in [1.54, 1.807) is 0 Å². The van der Waals surface area contributed by atoms with E-state index < -0.39 is 0 Å². The lowest BCUT2D eigenvalue weighted by atomic mass is 9.68. The Bertz CT molecular complexity index is 311. The Kier molecular flexibility index (Phi) is 5.11. The molecule has 0 aromatic carbocycles. The van der Waals surface area contributed by atoms with Gasteiger partial charge in [-0.25, -0.2) is 0 Å². The molecule has 0 bridgehead atoms. The van der Waals surface area contributed by atoms with Crippen LogP contribution in [0.3, 0.4) is 0 Å². The van der Waals surface area contributed by atoms with E-state index in [-0.39, 0.29) is 11.1 Å². The minimum atomic E-state index is 0.0746. The number of likely N-dealkylation sites (N-methyl/N-ethyl adjacent to an activating group) is 1. The van der Waals surface area contributed by atoms with Gasteiger partial charge in [-0.1, -0.05) is 13.8 Å². The first-order chi connectivity index (χ1) is 9.49. The molecule has 3 N–H and O–H groups in total. The molecule has 0 aromatic rings. The highest BCUT2D eigenvalue weighted by Crippen LogP contribution is 2.46. The molecule has 1 heterocycles. The molecule has 20 heavy (non-hydrogen) atoms. The van der Waals surface area contributed by atoms with Crippen LogP contribution >= 0.6 is 0 Å². The molecule has 2 aliphatic rings. The van der Waals surface area contributed by atoms with Crippen molar-refractivity contribution >= 4 is 0 Å². The molecule has 118 valence electrons. The fourth-order valence-electron chi connectivity index (χ4n) is 4.42. The lowest BCUT2D eigenvalue weighted by Gasteiger charge is -2.52. The zero-order chi connectivity index (χ0) is 14.8. The molecule has 0 radical (unpaired) electrons. The third-order valence-corrected chi connectivity index (χ3v) is 5.79. The lowest BCUT2D eigenvalue weighted by Crippen LogP contribution is -2.64. The van der Waals surface area contributed by atoms with E-state index in [1.165, 1.54) is 25.7 Å². The number of nitrogens with two attached hydrogens (primary N) is 1. The normalized spacial score (nSPS) is 27.6. The van der Waals surface area contributed by atoms with Crippen molar-refractivity contribution in [2.75, 3.05) is 19.7 Å². The number of hydrazine groups is 1. The van der Waals surface area contributed by atoms with Gasteiger partial charge in [0.05, 0.1) is 5.60 Å². The molecular weight excluding hydrogens is 250 g/mol. The Balaban J connectivity index is 2.10. The minimum absolute atomic E-state index is 0.0746. The van der Waals surface area contributed by atoms with Crippen LogP contribution in [0.4, 0.5) is 0 Å². The van der Waals surface area contributed by atoms with Gasteiger partial charge >= 0.3 is 0 Å². The van der Waals surface area contributed by atoms with Crippen molar-refractivity contribution in [2.24, 2.45) is 11.8 Å². The van der Waals surface area contributed by atoms with Crippen molar-refractivity contribution in [1.82, 2.24) is 10.3 Å². The predicted octanol–water partition coefficient (Wildman–Crippen LogP) is 2.29. The molecule has 2 unspecified atom stereocenters. The van der Waals surface area contributed by atoms with Crippen molar-refractivity contribution in [3.63, 3.8) is 0 Å². The molecule has 0 amide bonds. The summed E-state index contributed by atoms with van der Waals surface area (Å²) in [5, 5.41) is 0. The molecule has 2 atom stereocenters. The van der Waals surface area contributed by atoms with Gasteiger partial charge in [0.1, 0.15) is 0 Å². The van der Waals surface area contributed by atoms with Gasteiger partial charge in [-0.15, -0.1) is 0 Å². The van der Waals surface area contributed by atoms with E-state index in [0.717, 1.165) is 26.1 Å². The van der Waals surface area contributed by atoms with Crippen LogP contribution in [-0.2, 0) is 4.74 Å². The SMILES string of the molecule is CCN(CC)C(C)(C)C(NN)C1CCOC2(CCC2)C1. The quantitative estimate of drug-likeness (QED) is 0.580. The smallest absolute Gasteiger partial charge is 0.0685 e. The van der Waals surface area contributed by atoms with E-state index in [1.807, 2.05) is 0 Å². The number of nitrogens with zero attached hydrogens (tertiary/aromatic N) is 1. The van der Waals surface area contributed by atoms with Gasteiger partial charge in [-0.3, -0.25) is 16.2 Å². The Morgan fingerprint density at radius 1 is 1.35 bits per heavy atom. The van der Waals surface area contributed by atoms with Crippen molar-refractivity contribution in [1.29, 1.82) is 0 Å². The summed E-state index contributed by atoms with van der Waals surface area (Å²) < 4.78 is 6.07. The van der Waals surface area contributed by atoms with Crippen LogP contribution in [-0.4, -0.2) is 41.8 Å². The van der Waals surface area contributed by atoms with Crippen LogP contribution in [0.5, 0.6) is 0 Å². The summed E-state index contributed by atoms with van der Waals surface area (Å²) in [6.45, 7) is 12.1. The third-order valence-electron chi connectivity index (χ3n) is 5.79. The number of nitrogens with one attached hydrogen (secondary N) is 1. The molecular formula is C16H33N3O. The fraction of sp³-hybridized carbons (Fsp3) is 1.00. The summed E-state index contributed by atoms with van der Waals surface area (Å²) in [7, 11) is 0. The van der Waals surface area contributed by atoms with Gasteiger partial charge in [0.25, 0.3) is 0 Å². The molecule has 1 aliphatic heterocycles. The maximum absolute atomic E-state index is 6.07. The number of ether oxygens (including phenoxy) is 1. The Morgan fingerprint density at radius 2 is 2.00 bits per heavy atom. The zero-order valence-electron chi connectivity index (χ0n) is 13.7. The molecule has 2 fully saturated rings. The van der Waals surface area contributed by atoms with Gasteiger partial charge in [-0.05, 0) is 65.0 Å². The average Bonchev–Trinajstić information content (AvgIpc) is 2.39. The first-order valence-electron chi connectivity index (χ1n) is 8.34. The molecule has 1 saturated carbocycles. The van der Waals surface area contributed by atoms with Gasteiger partial charge in [0, 0.05) is 18.2 Å². The number of hydrogen-bond donors (Lipinski definition) is 2. The summed E-state index contributed by atoms with van der Waals surface area (Å²) in [6, 6.07) is 0.323. The predicted molar refractivity (Wildman–Crippen MR) is 83.4 cm³/mol. The second-order valence-electron chi connectivity index (χ2n) is 7.11. The van der Waals surface area contributed by atoms with Crippen LogP contribution in [0.15, 0.2) is 0 Å². The molecule has 1 spiro atoms. The van der Waals surface area contributed by atoms with Crippen LogP contribution in [0.1, 0.15) is 59.8 Å². The topological polar surface area (TPSA) is 50.5 Å². The van der Waals surface area contributed by atoms with E-state index >= 15 is 0 Å². The summed E-state index contributed by atoms with van der Waals surface area (Å²) >= 11 is 0. The second kappa shape index (κ2) is 6.30. The Labute approximate surface area is 124 Å². The summed E-state index contributed by atoms with van der Waals surface area (Å²) in [6.07, 6.45) is 6.11. The monoisotopic (exact) mass is 283 g/mol. The third kappa shape index (κ3) is 2.89. The van der Waals surface area contributed by atoms with E-state index in [2.05, 4.69) is 38.0 Å². The molecule has 4 nitrogen and oxygen atoms in total. The molecule has 4 heteroatoms. The van der Waals surface area contributed by atoms with Crippen molar-refractivity contribution in [3.05, 3.63) is 0 Å². The molecule has 0 aromatic heterocycles. The van der Waals surface area contributed by atoms with Crippen LogP contribution < -0.4 is 11.3 Å². The van der Waals surface area contributed by atoms with Gasteiger partial charge < -0.3 is 4.74 Å². The largest absolute Gasteiger partial charge is 0.375 e. The standard InChI is InChI=1S/C16H33N3O/c1-5-19(6-2)15(3,4)14(18-17)13-8-11-20-16(12-13)9-7-10-16/h13-14,18H,5-12,17H2,1-4H3. The van der Waals surface area contributed by atoms with Crippen molar-refractivity contribution in [3.8, 4) is 0 Å². The average molecular weight is 283 g/mol. The molecule has 1 saturated heterocycles. The fourth-order valence-corrected chi connectivity index (χ4v) is 4.42. The number of rotatable bonds is 6. The highest BCUT2D eigenvalue weighted by molar-refractivity contribution is 5.02. The highest BCUT2D eigenvalue weighted by Gasteiger charge is 2.47. The van der Waals surface area contributed by atoms with Gasteiger partial charge in [0.15, 0.2) is 0 Å². The van der Waals surface area contributed by atoms with Gasteiger partial charge in [0.2, 0.25) is 0 Å². The summed E-state index contributed by atoms with van der Waals surface area (Å²) in [4.78, 5) is 2.51. The maximum atomic E-state index is 6.07. The lowest BCUT2D eigenvalue weighted by molar-refractivity contribution is -0.152. The zero-order valence-corrected chi connectivity index (χ0v) is 13.7. The Morgan fingerprint density at radius 3 is 2.45 bits per heavy atom. The highest BCUT2D eigenvalue weighted by atomic mass is 16.5. The first-order valence-corrected chi connectivity index (χ1v) is 8.34. The molecule has 2 rings (SSSR count). The van der Waals surface area contributed by atoms with Crippen LogP contribution in [0.25, 0.3) is 0 Å². The van der Waals surface area contributed by atoms with Crippen LogP contribution in [0, 0.1) is 5.92 Å². The summed E-state index contributed by atoms with van der Waals surface area (Å²) in [5.74, 6) is 6.58. The van der Waals surface area contributed by atoms with Crippen LogP contribution in [0.2, 0.25) is 0 Å². The van der Waals surface area contributed by atoms with E-state index in [4.69, 9.17) is 10.6 Å². The van der Waals surface area contributed by atoms with Crippen molar-refractivity contribution in [2.45, 2.75) is 77.0 Å². The minimum Gasteiger partial charge on any atom is -0.375 e. The Hall–Kier alpha value is -0.160. The van der Waals surface area contributed by atoms with E-state index in [0.29, 0.717) is 12.0 Å². The van der Waals surface area contributed by atoms with E-state index in [9.17, 15) is 0 Å². The summed E-state index contributed by atoms with van der Waals surface area (Å²) in [5.41, 5.74) is 3.42. The van der Waals surface area contributed by atoms with Gasteiger partial charge in [-0.2, -0.15) is 0 Å². The second-order valence-corrected chi connectivity index (χ2v) is 7.11. The molecule has 1 aliphatic carbocycles. The van der Waals surface area contributed by atoms with Crippen molar-refractivity contribution < 1.29 is 4.74 Å². The maximum Gasteiger partial charge on any atom is 0.0685 e. The number of hydrogen-bond acceptors (Lipinski definition) is 4.